The number of benzene rings is 1. The van der Waals surface area contributed by atoms with Gasteiger partial charge in [0.15, 0.2) is 11.5 Å². The highest BCUT2D eigenvalue weighted by Gasteiger charge is 2.23. The second-order valence-corrected chi connectivity index (χ2v) is 7.34. The summed E-state index contributed by atoms with van der Waals surface area (Å²) in [4.78, 5) is 22.8. The van der Waals surface area contributed by atoms with Crippen LogP contribution in [0.4, 0.5) is 10.6 Å². The van der Waals surface area contributed by atoms with E-state index in [1.807, 2.05) is 4.90 Å². The van der Waals surface area contributed by atoms with Crippen molar-refractivity contribution in [2.45, 2.75) is 0 Å². The largest absolute Gasteiger partial charge is 0.493 e. The lowest BCUT2D eigenvalue weighted by Gasteiger charge is -2.34. The molecule has 0 radical (unpaired) electrons. The third-order valence-corrected chi connectivity index (χ3v) is 4.47. The maximum absolute atomic E-state index is 11.5. The molecule has 1 N–H and O–H groups in total. The van der Waals surface area contributed by atoms with E-state index >= 15 is 0 Å². The average Bonchev–Trinajstić information content (AvgIpc) is 2.59. The monoisotopic (exact) mass is 382 g/mol. The molecule has 0 spiro atoms. The van der Waals surface area contributed by atoms with E-state index in [-0.39, 0.29) is 11.5 Å². The number of carboxylic acid groups (broad SMARTS) is 1. The topological polar surface area (TPSA) is 122 Å². The van der Waals surface area contributed by atoms with Gasteiger partial charge in [-0.05, 0) is 6.07 Å². The Balaban J connectivity index is 2.01. The van der Waals surface area contributed by atoms with Gasteiger partial charge in [-0.2, -0.15) is 8.42 Å². The summed E-state index contributed by atoms with van der Waals surface area (Å²) in [5.41, 5.74) is 0.563. The van der Waals surface area contributed by atoms with Crippen LogP contribution >= 0.6 is 0 Å². The highest BCUT2D eigenvalue weighted by atomic mass is 32.2. The summed E-state index contributed by atoms with van der Waals surface area (Å²) in [6.07, 6.45) is 1.40. The van der Waals surface area contributed by atoms with Crippen molar-refractivity contribution in [2.24, 2.45) is 0 Å². The number of anilines is 1. The second-order valence-electron chi connectivity index (χ2n) is 5.76. The summed E-state index contributed by atoms with van der Waals surface area (Å²) >= 11 is 0. The van der Waals surface area contributed by atoms with E-state index in [1.54, 1.807) is 6.07 Å². The van der Waals surface area contributed by atoms with Gasteiger partial charge in [0.25, 0.3) is 0 Å². The number of methoxy groups -OCH3 is 1. The fourth-order valence-corrected chi connectivity index (χ4v) is 3.26. The van der Waals surface area contributed by atoms with Crippen molar-refractivity contribution in [2.75, 3.05) is 44.4 Å². The quantitative estimate of drug-likeness (QED) is 0.764. The number of piperazine rings is 1. The van der Waals surface area contributed by atoms with Crippen LogP contribution in [0.2, 0.25) is 0 Å². The standard InChI is InChI=1S/C15H18N4O6S/c1-24-12-8-11-10(7-13(12)25-26(2,22)23)14(17-9-16-11)18-3-5-19(6-4-18)15(20)21/h7-9H,3-6H2,1-2H3,(H,20,21). The van der Waals surface area contributed by atoms with Crippen LogP contribution in [0.5, 0.6) is 11.5 Å². The normalized spacial score (nSPS) is 15.2. The molecule has 1 aliphatic rings. The lowest BCUT2D eigenvalue weighted by Crippen LogP contribution is -2.48. The number of hydrogen-bond acceptors (Lipinski definition) is 8. The van der Waals surface area contributed by atoms with Gasteiger partial charge in [-0.3, -0.25) is 0 Å². The van der Waals surface area contributed by atoms with Crippen molar-refractivity contribution in [3.05, 3.63) is 18.5 Å². The van der Waals surface area contributed by atoms with E-state index in [0.717, 1.165) is 6.26 Å². The highest BCUT2D eigenvalue weighted by molar-refractivity contribution is 7.86. The fraction of sp³-hybridized carbons (Fsp3) is 0.400. The summed E-state index contributed by atoms with van der Waals surface area (Å²) < 4.78 is 33.2. The Morgan fingerprint density at radius 1 is 1.15 bits per heavy atom. The Kier molecular flexibility index (Phi) is 4.72. The van der Waals surface area contributed by atoms with E-state index < -0.39 is 16.2 Å². The first-order chi connectivity index (χ1) is 12.3. The molecule has 1 amide bonds. The zero-order valence-corrected chi connectivity index (χ0v) is 15.1. The molecule has 140 valence electrons. The van der Waals surface area contributed by atoms with Crippen molar-refractivity contribution in [3.8, 4) is 11.5 Å². The van der Waals surface area contributed by atoms with Gasteiger partial charge in [0.05, 0.1) is 18.9 Å². The van der Waals surface area contributed by atoms with Crippen molar-refractivity contribution < 1.29 is 27.2 Å². The van der Waals surface area contributed by atoms with Crippen LogP contribution in [0.15, 0.2) is 18.5 Å². The third kappa shape index (κ3) is 3.72. The summed E-state index contributed by atoms with van der Waals surface area (Å²) in [5, 5.41) is 9.66. The molecule has 26 heavy (non-hydrogen) atoms. The van der Waals surface area contributed by atoms with Crippen LogP contribution < -0.4 is 13.8 Å². The highest BCUT2D eigenvalue weighted by Crippen LogP contribution is 2.35. The molecule has 0 saturated carbocycles. The lowest BCUT2D eigenvalue weighted by atomic mass is 10.2. The van der Waals surface area contributed by atoms with E-state index in [0.29, 0.717) is 42.9 Å². The zero-order chi connectivity index (χ0) is 18.9. The molecule has 1 fully saturated rings. The number of aromatic nitrogens is 2. The molecule has 0 unspecified atom stereocenters. The van der Waals surface area contributed by atoms with E-state index in [9.17, 15) is 13.2 Å². The van der Waals surface area contributed by atoms with Crippen LogP contribution in [0.3, 0.4) is 0 Å². The number of nitrogens with zero attached hydrogens (tertiary/aromatic N) is 4. The van der Waals surface area contributed by atoms with Crippen molar-refractivity contribution in [1.82, 2.24) is 14.9 Å². The molecular weight excluding hydrogens is 364 g/mol. The molecule has 3 rings (SSSR count). The summed E-state index contributed by atoms with van der Waals surface area (Å²) in [6.45, 7) is 1.63. The van der Waals surface area contributed by atoms with Gasteiger partial charge < -0.3 is 23.8 Å². The molecule has 10 nitrogen and oxygen atoms in total. The van der Waals surface area contributed by atoms with E-state index in [2.05, 4.69) is 9.97 Å². The Hall–Kier alpha value is -2.82. The predicted molar refractivity (Wildman–Crippen MR) is 93.4 cm³/mol. The molecular formula is C15H18N4O6S. The molecule has 1 saturated heterocycles. The maximum atomic E-state index is 11.5. The van der Waals surface area contributed by atoms with Gasteiger partial charge >= 0.3 is 16.2 Å². The molecule has 1 aliphatic heterocycles. The minimum atomic E-state index is -3.74. The van der Waals surface area contributed by atoms with Crippen molar-refractivity contribution >= 4 is 32.9 Å². The van der Waals surface area contributed by atoms with Gasteiger partial charge in [0, 0.05) is 37.6 Å². The first kappa shape index (κ1) is 18.0. The lowest BCUT2D eigenvalue weighted by molar-refractivity contribution is 0.142. The first-order valence-corrected chi connectivity index (χ1v) is 9.55. The number of fused-ring (bicyclic) bond motifs is 1. The first-order valence-electron chi connectivity index (χ1n) is 7.73. The number of rotatable bonds is 4. The number of carbonyl (C=O) groups is 1. The SMILES string of the molecule is COc1cc2ncnc(N3CCN(C(=O)O)CC3)c2cc1OS(C)(=O)=O. The molecule has 0 aliphatic carbocycles. The molecule has 0 bridgehead atoms. The summed E-state index contributed by atoms with van der Waals surface area (Å²) in [6, 6.07) is 3.10. The van der Waals surface area contributed by atoms with Crippen molar-refractivity contribution in [3.63, 3.8) is 0 Å². The van der Waals surface area contributed by atoms with Crippen LogP contribution in [-0.4, -0.2) is 74.0 Å². The molecule has 11 heteroatoms. The van der Waals surface area contributed by atoms with Gasteiger partial charge in [-0.15, -0.1) is 0 Å². The fourth-order valence-electron chi connectivity index (χ4n) is 2.80. The minimum Gasteiger partial charge on any atom is -0.493 e. The van der Waals surface area contributed by atoms with E-state index in [4.69, 9.17) is 14.0 Å². The molecule has 2 aromatic rings. The summed E-state index contributed by atoms with van der Waals surface area (Å²) in [5.74, 6) is 0.868. The maximum Gasteiger partial charge on any atom is 0.407 e. The van der Waals surface area contributed by atoms with Crippen LogP contribution in [0, 0.1) is 0 Å². The van der Waals surface area contributed by atoms with Crippen LogP contribution in [-0.2, 0) is 10.1 Å². The van der Waals surface area contributed by atoms with Crippen molar-refractivity contribution in [1.29, 1.82) is 0 Å². The van der Waals surface area contributed by atoms with Crippen LogP contribution in [0.1, 0.15) is 0 Å². The Labute approximate surface area is 150 Å². The number of hydrogen-bond donors (Lipinski definition) is 1. The zero-order valence-electron chi connectivity index (χ0n) is 14.2. The molecule has 1 aromatic carbocycles. The van der Waals surface area contributed by atoms with Gasteiger partial charge in [-0.25, -0.2) is 14.8 Å². The Morgan fingerprint density at radius 3 is 2.42 bits per heavy atom. The average molecular weight is 382 g/mol. The second kappa shape index (κ2) is 6.83. The molecule has 0 atom stereocenters. The van der Waals surface area contributed by atoms with E-state index in [1.165, 1.54) is 24.4 Å². The predicted octanol–water partition coefficient (Wildman–Crippen LogP) is 0.777. The molecule has 2 heterocycles. The minimum absolute atomic E-state index is 0.0442. The van der Waals surface area contributed by atoms with Crippen LogP contribution in [0.25, 0.3) is 10.9 Å². The Morgan fingerprint density at radius 2 is 1.85 bits per heavy atom. The van der Waals surface area contributed by atoms with Gasteiger partial charge in [0.1, 0.15) is 12.1 Å². The van der Waals surface area contributed by atoms with Gasteiger partial charge in [-0.1, -0.05) is 0 Å². The summed E-state index contributed by atoms with van der Waals surface area (Å²) in [7, 11) is -2.33. The molecule has 1 aromatic heterocycles. The van der Waals surface area contributed by atoms with Gasteiger partial charge in [0.2, 0.25) is 0 Å². The Bertz CT molecular complexity index is 941. The third-order valence-electron chi connectivity index (χ3n) is 3.99. The smallest absolute Gasteiger partial charge is 0.407 e. The number of amides is 1. The number of ether oxygens (including phenoxy) is 1.